The van der Waals surface area contributed by atoms with Crippen LogP contribution in [-0.4, -0.2) is 43.2 Å². The van der Waals surface area contributed by atoms with Gasteiger partial charge in [0.05, 0.1) is 60.9 Å². The Morgan fingerprint density at radius 1 is 0.211 bits per heavy atom. The monoisotopic (exact) mass is 1890 g/mol. The summed E-state index contributed by atoms with van der Waals surface area (Å²) in [6.07, 6.45) is 0. The van der Waals surface area contributed by atoms with Gasteiger partial charge in [0.1, 0.15) is 11.2 Å². The normalized spacial score (nSPS) is 12.5. The van der Waals surface area contributed by atoms with Gasteiger partial charge in [-0.05, 0) is 197 Å². The summed E-state index contributed by atoms with van der Waals surface area (Å²) in [5.41, 5.74) is 26.7. The van der Waals surface area contributed by atoms with Crippen molar-refractivity contribution in [2.75, 3.05) is 0 Å². The molecule has 0 spiro atoms. The van der Waals surface area contributed by atoms with Gasteiger partial charge in [-0.2, -0.15) is 0 Å². The lowest BCUT2D eigenvalue weighted by Gasteiger charge is -2.22. The molecule has 1 aliphatic rings. The molecule has 0 radical (unpaired) electrons. The fourth-order valence-electron chi connectivity index (χ4n) is 24.0. The molecule has 10 nitrogen and oxygen atoms in total. The number of hydrogen-bond acceptors (Lipinski definition) is 7. The molecule has 8 aromatic heterocycles. The van der Waals surface area contributed by atoms with Crippen molar-refractivity contribution in [2.45, 2.75) is 19.3 Å². The molecule has 147 heavy (non-hydrogen) atoms. The molecule has 23 aromatic carbocycles. The molecule has 0 atom stereocenters. The second-order valence-electron chi connectivity index (χ2n) is 39.1. The van der Waals surface area contributed by atoms with Crippen LogP contribution in [0.4, 0.5) is 0 Å². The fraction of sp³-hybridized carbons (Fsp3) is 0.0221. The Morgan fingerprint density at radius 2 is 0.578 bits per heavy atom. The molecule has 0 fully saturated rings. The van der Waals surface area contributed by atoms with Crippen molar-refractivity contribution in [1.82, 2.24) is 43.2 Å². The molecule has 0 saturated heterocycles. The molecule has 32 rings (SSSR count). The average molecular weight is 1890 g/mol. The van der Waals surface area contributed by atoms with Gasteiger partial charge >= 0.3 is 0 Å². The highest BCUT2D eigenvalue weighted by Crippen LogP contribution is 2.54. The van der Waals surface area contributed by atoms with E-state index in [9.17, 15) is 0 Å². The molecule has 0 unspecified atom stereocenters. The molecule has 0 amide bonds. The third-order valence-electron chi connectivity index (χ3n) is 30.7. The second-order valence-corrected chi connectivity index (χ2v) is 40.2. The van der Waals surface area contributed by atoms with E-state index in [1.54, 1.807) is 0 Å². The molecular formula is C136H85N9OS. The van der Waals surface area contributed by atoms with Crippen molar-refractivity contribution >= 4 is 205 Å². The largest absolute Gasteiger partial charge is 0.456 e. The third-order valence-corrected chi connectivity index (χ3v) is 31.8. The number of aromatic nitrogens is 9. The first kappa shape index (κ1) is 83.7. The molecule has 31 aromatic rings. The van der Waals surface area contributed by atoms with Gasteiger partial charge < -0.3 is 18.1 Å². The van der Waals surface area contributed by atoms with Gasteiger partial charge in [0.2, 0.25) is 5.95 Å². The summed E-state index contributed by atoms with van der Waals surface area (Å²) in [7, 11) is 0. The van der Waals surface area contributed by atoms with Crippen LogP contribution in [-0.2, 0) is 5.41 Å². The Bertz CT molecular complexity index is 10800. The average Bonchev–Trinajstić information content (AvgIpc) is 2.26. The highest BCUT2D eigenvalue weighted by atomic mass is 32.1. The molecule has 0 N–H and O–H groups in total. The Kier molecular flexibility index (Phi) is 18.8. The topological polar surface area (TPSA) is 97.3 Å². The van der Waals surface area contributed by atoms with E-state index in [0.29, 0.717) is 23.4 Å². The summed E-state index contributed by atoms with van der Waals surface area (Å²) >= 11 is 1.85. The molecule has 8 heterocycles. The standard InChI is InChI=1S/C47H28N4O.C47H32N2.C42H25N3S/c1-3-13-31(14-4-1)45-48-46(32-15-5-2-6-16-32)50-47(49-45)33-19-23-34(24-20-33)51-38-26-21-29-11-7-9-17-35(29)41(38)37-25-28-40-43(44(37)51)42-36-18-10-8-12-30(36)22-27-39(42)52-40;1-47(2)39-19-11-10-18-35(39)36-24-22-32(28-40(36)47)49-42-27-25-37-43-33-16-8-6-12-29(33)21-26-41(43)48(31-14-4-3-5-15-31)46(37)44(42)38-23-20-30-13-7-9-17-34(30)45(38)49;1-3-12-27(13-4-1)34-25-35(28-14-5-2-6-15-28)44-42(43-34)45-36-21-19-26-11-9-10-18-31(26)39(36)32-20-22-37-40(41(32)45)33-23-29-16-7-8-17-30(29)24-38(33)46-37/h1-28H;3-28H,1-2H3;1-25H. The first-order valence-electron chi connectivity index (χ1n) is 50.2. The molecule has 0 saturated carbocycles. The van der Waals surface area contributed by atoms with Crippen molar-refractivity contribution in [3.8, 4) is 90.8 Å². The van der Waals surface area contributed by atoms with Crippen LogP contribution in [0.15, 0.2) is 484 Å². The van der Waals surface area contributed by atoms with E-state index in [2.05, 4.69) is 439 Å². The number of hydrogen-bond donors (Lipinski definition) is 0. The maximum atomic E-state index is 6.58. The zero-order chi connectivity index (χ0) is 96.8. The van der Waals surface area contributed by atoms with Crippen molar-refractivity contribution in [3.05, 3.63) is 490 Å². The number of para-hydroxylation sites is 1. The lowest BCUT2D eigenvalue weighted by molar-refractivity contribution is 0.660. The lowest BCUT2D eigenvalue weighted by Crippen LogP contribution is -2.15. The first-order valence-corrected chi connectivity index (χ1v) is 51.0. The van der Waals surface area contributed by atoms with Gasteiger partial charge in [0.25, 0.3) is 0 Å². The number of benzene rings is 23. The van der Waals surface area contributed by atoms with Crippen LogP contribution in [0.5, 0.6) is 0 Å². The van der Waals surface area contributed by atoms with Crippen molar-refractivity contribution in [1.29, 1.82) is 0 Å². The molecule has 0 bridgehead atoms. The maximum Gasteiger partial charge on any atom is 0.235 e. The summed E-state index contributed by atoms with van der Waals surface area (Å²) < 4.78 is 18.9. The second kappa shape index (κ2) is 33.0. The van der Waals surface area contributed by atoms with Gasteiger partial charge in [-0.15, -0.1) is 11.3 Å². The summed E-state index contributed by atoms with van der Waals surface area (Å²) in [6.45, 7) is 4.74. The highest BCUT2D eigenvalue weighted by molar-refractivity contribution is 7.26. The molecular weight excluding hydrogens is 1810 g/mol. The van der Waals surface area contributed by atoms with Crippen LogP contribution in [0, 0.1) is 0 Å². The number of furan rings is 1. The zero-order valence-corrected chi connectivity index (χ0v) is 80.8. The van der Waals surface area contributed by atoms with Crippen molar-refractivity contribution in [3.63, 3.8) is 0 Å². The third kappa shape index (κ3) is 13.1. The number of rotatable bonds is 9. The predicted octanol–water partition coefficient (Wildman–Crippen LogP) is 36.3. The Balaban J connectivity index is 0.000000102. The Morgan fingerprint density at radius 3 is 1.14 bits per heavy atom. The first-order chi connectivity index (χ1) is 72.7. The quantitative estimate of drug-likeness (QED) is 0.143. The van der Waals surface area contributed by atoms with E-state index in [4.69, 9.17) is 29.3 Å². The van der Waals surface area contributed by atoms with Gasteiger partial charge in [0, 0.05) is 124 Å². The minimum absolute atomic E-state index is 0.0865. The number of thiophene rings is 1. The Labute approximate surface area is 847 Å². The lowest BCUT2D eigenvalue weighted by atomic mass is 9.82. The van der Waals surface area contributed by atoms with Crippen molar-refractivity contribution in [2.24, 2.45) is 0 Å². The van der Waals surface area contributed by atoms with E-state index in [1.165, 1.54) is 184 Å². The van der Waals surface area contributed by atoms with Gasteiger partial charge in [-0.25, -0.2) is 24.9 Å². The summed E-state index contributed by atoms with van der Waals surface area (Å²) in [4.78, 5) is 25.5. The van der Waals surface area contributed by atoms with E-state index < -0.39 is 0 Å². The highest BCUT2D eigenvalue weighted by Gasteiger charge is 2.37. The van der Waals surface area contributed by atoms with Crippen LogP contribution in [0.3, 0.4) is 0 Å². The summed E-state index contributed by atoms with van der Waals surface area (Å²) in [6, 6.07) is 172. The van der Waals surface area contributed by atoms with Crippen LogP contribution in [0.2, 0.25) is 0 Å². The van der Waals surface area contributed by atoms with Crippen LogP contribution in [0.25, 0.3) is 285 Å². The van der Waals surface area contributed by atoms with Crippen LogP contribution < -0.4 is 0 Å². The van der Waals surface area contributed by atoms with Crippen molar-refractivity contribution < 1.29 is 4.42 Å². The fourth-order valence-corrected chi connectivity index (χ4v) is 25.2. The van der Waals surface area contributed by atoms with Crippen LogP contribution in [0.1, 0.15) is 25.0 Å². The summed E-state index contributed by atoms with van der Waals surface area (Å²) in [5, 5.41) is 29.6. The van der Waals surface area contributed by atoms with E-state index in [-0.39, 0.29) is 5.41 Å². The number of nitrogens with zero attached hydrogens (tertiary/aromatic N) is 9. The maximum absolute atomic E-state index is 6.58. The van der Waals surface area contributed by atoms with Gasteiger partial charge in [-0.1, -0.05) is 378 Å². The summed E-state index contributed by atoms with van der Waals surface area (Å²) in [5.74, 6) is 2.58. The molecule has 1 aliphatic carbocycles. The minimum Gasteiger partial charge on any atom is -0.456 e. The Hall–Kier alpha value is -19.1. The molecule has 0 aliphatic heterocycles. The predicted molar refractivity (Wildman–Crippen MR) is 616 cm³/mol. The molecule has 11 heteroatoms. The van der Waals surface area contributed by atoms with Gasteiger partial charge in [-0.3, -0.25) is 4.57 Å². The minimum atomic E-state index is -0.0865. The van der Waals surface area contributed by atoms with E-state index >= 15 is 0 Å². The van der Waals surface area contributed by atoms with Gasteiger partial charge in [0.15, 0.2) is 17.5 Å². The van der Waals surface area contributed by atoms with E-state index in [0.717, 1.165) is 88.9 Å². The smallest absolute Gasteiger partial charge is 0.235 e. The van der Waals surface area contributed by atoms with E-state index in [1.807, 2.05) is 84.1 Å². The SMILES string of the molecule is CC1(C)c2ccccc2-c2ccc(-n3c4ccc5c6c7ccccc7ccc6n(-c6ccccc6)c5c4c4ccc5ccccc5c43)cc21.c1ccc(-c2cc(-c3ccccc3)nc(-n3c4ccc5ccccc5c4c4ccc5sc6cc7ccccc7cc6c5c43)n2)cc1.c1ccc(-c2nc(-c3ccccc3)nc(-c3ccc(-n4c5ccc6ccccc6c5c5ccc6oc7ccc8ccccc8c7c6c54)cc3)n2)cc1. The zero-order valence-electron chi connectivity index (χ0n) is 80.0. The van der Waals surface area contributed by atoms with Crippen LogP contribution >= 0.6 is 11.3 Å². The molecule has 686 valence electrons. The number of fused-ring (bicyclic) bond motifs is 35.